The van der Waals surface area contributed by atoms with Crippen LogP contribution >= 0.6 is 0 Å². The number of nitrogens with zero attached hydrogens (tertiary/aromatic N) is 6. The van der Waals surface area contributed by atoms with Crippen molar-refractivity contribution in [2.45, 2.75) is 19.6 Å². The fourth-order valence-electron chi connectivity index (χ4n) is 3.64. The Morgan fingerprint density at radius 2 is 1.84 bits per heavy atom. The molecule has 1 aromatic heterocycles. The third-order valence-electron chi connectivity index (χ3n) is 5.28. The molecule has 1 N–H and O–H groups in total. The van der Waals surface area contributed by atoms with Crippen LogP contribution in [0.4, 0.5) is 14.7 Å². The second-order valence-electron chi connectivity index (χ2n) is 7.58. The number of anilines is 1. The van der Waals surface area contributed by atoms with E-state index in [1.54, 1.807) is 43.7 Å². The van der Waals surface area contributed by atoms with Gasteiger partial charge < -0.3 is 19.9 Å². The Morgan fingerprint density at radius 3 is 2.47 bits per heavy atom. The topological polar surface area (TPSA) is 69.1 Å². The number of alkyl halides is 2. The molecule has 1 aromatic carbocycles. The average molecular weight is 448 g/mol. The van der Waals surface area contributed by atoms with Gasteiger partial charge in [0.2, 0.25) is 5.95 Å². The van der Waals surface area contributed by atoms with Gasteiger partial charge >= 0.3 is 6.61 Å². The fraction of sp³-hybridized carbons (Fsp3) is 0.500. The maximum Gasteiger partial charge on any atom is 0.387 e. The molecule has 0 amide bonds. The van der Waals surface area contributed by atoms with Gasteiger partial charge in [-0.3, -0.25) is 9.89 Å². The van der Waals surface area contributed by atoms with Gasteiger partial charge in [-0.2, -0.15) is 8.78 Å². The predicted octanol–water partition coefficient (Wildman–Crippen LogP) is 2.30. The third-order valence-corrected chi connectivity index (χ3v) is 5.28. The number of aliphatic imine (C=N–C) groups is 1. The molecule has 0 aliphatic carbocycles. The number of aromatic nitrogens is 2. The highest BCUT2D eigenvalue weighted by Gasteiger charge is 2.18. The van der Waals surface area contributed by atoms with Crippen molar-refractivity contribution in [2.75, 3.05) is 58.3 Å². The summed E-state index contributed by atoms with van der Waals surface area (Å²) in [4.78, 5) is 19.7. The van der Waals surface area contributed by atoms with Gasteiger partial charge in [-0.05, 0) is 36.7 Å². The summed E-state index contributed by atoms with van der Waals surface area (Å²) in [6, 6.07) is 8.49. The Morgan fingerprint density at radius 1 is 1.16 bits per heavy atom. The van der Waals surface area contributed by atoms with Crippen LogP contribution in [0.3, 0.4) is 0 Å². The van der Waals surface area contributed by atoms with Crippen LogP contribution in [0.2, 0.25) is 0 Å². The lowest BCUT2D eigenvalue weighted by atomic mass is 10.2. The number of ether oxygens (including phenoxy) is 1. The van der Waals surface area contributed by atoms with Gasteiger partial charge in [0.25, 0.3) is 0 Å². The molecule has 3 rings (SSSR count). The van der Waals surface area contributed by atoms with E-state index < -0.39 is 6.61 Å². The molecule has 0 radical (unpaired) electrons. The smallest absolute Gasteiger partial charge is 0.387 e. The van der Waals surface area contributed by atoms with E-state index in [1.807, 2.05) is 18.0 Å². The fourth-order valence-corrected chi connectivity index (χ4v) is 3.64. The Hall–Kier alpha value is -3.01. The van der Waals surface area contributed by atoms with Gasteiger partial charge in [0.15, 0.2) is 5.96 Å². The van der Waals surface area contributed by atoms with Crippen LogP contribution in [0.25, 0.3) is 0 Å². The number of hydrogen-bond donors (Lipinski definition) is 1. The average Bonchev–Trinajstić information content (AvgIpc) is 2.81. The number of benzene rings is 1. The van der Waals surface area contributed by atoms with Crippen molar-refractivity contribution in [1.82, 2.24) is 25.1 Å². The van der Waals surface area contributed by atoms with Gasteiger partial charge in [0.05, 0.1) is 0 Å². The number of rotatable bonds is 9. The summed E-state index contributed by atoms with van der Waals surface area (Å²) in [5.74, 6) is 1.76. The summed E-state index contributed by atoms with van der Waals surface area (Å²) in [5.41, 5.74) is 0.984. The molecule has 0 unspecified atom stereocenters. The van der Waals surface area contributed by atoms with E-state index >= 15 is 0 Å². The number of nitrogens with one attached hydrogen (secondary N) is 1. The van der Waals surface area contributed by atoms with Crippen LogP contribution in [0.1, 0.15) is 12.0 Å². The molecule has 32 heavy (non-hydrogen) atoms. The van der Waals surface area contributed by atoms with Gasteiger partial charge in [-0.1, -0.05) is 12.1 Å². The van der Waals surface area contributed by atoms with Crippen molar-refractivity contribution in [3.05, 3.63) is 48.3 Å². The molecule has 1 aliphatic heterocycles. The predicted molar refractivity (Wildman–Crippen MR) is 121 cm³/mol. The highest BCUT2D eigenvalue weighted by Crippen LogP contribution is 2.16. The van der Waals surface area contributed by atoms with E-state index in [0.29, 0.717) is 6.54 Å². The minimum absolute atomic E-state index is 0.158. The molecular weight excluding hydrogens is 416 g/mol. The van der Waals surface area contributed by atoms with Gasteiger partial charge in [-0.15, -0.1) is 0 Å². The molecule has 0 spiro atoms. The monoisotopic (exact) mass is 447 g/mol. The maximum absolute atomic E-state index is 12.3. The first kappa shape index (κ1) is 23.6. The van der Waals surface area contributed by atoms with Crippen LogP contribution in [0.5, 0.6) is 5.75 Å². The van der Waals surface area contributed by atoms with Gasteiger partial charge in [-0.25, -0.2) is 9.97 Å². The van der Waals surface area contributed by atoms with Crippen molar-refractivity contribution >= 4 is 11.9 Å². The number of hydrogen-bond acceptors (Lipinski definition) is 6. The van der Waals surface area contributed by atoms with Crippen molar-refractivity contribution in [3.63, 3.8) is 0 Å². The van der Waals surface area contributed by atoms with Crippen LogP contribution in [0.15, 0.2) is 47.7 Å². The summed E-state index contributed by atoms with van der Waals surface area (Å²) < 4.78 is 28.9. The summed E-state index contributed by atoms with van der Waals surface area (Å²) in [7, 11) is 3.70. The minimum Gasteiger partial charge on any atom is -0.435 e. The third kappa shape index (κ3) is 7.30. The lowest BCUT2D eigenvalue weighted by Crippen LogP contribution is -2.47. The first-order chi connectivity index (χ1) is 15.5. The zero-order chi connectivity index (χ0) is 22.8. The molecule has 2 aromatic rings. The minimum atomic E-state index is -2.81. The molecular formula is C22H31F2N7O. The summed E-state index contributed by atoms with van der Waals surface area (Å²) in [5, 5.41) is 3.40. The highest BCUT2D eigenvalue weighted by atomic mass is 19.3. The zero-order valence-electron chi connectivity index (χ0n) is 18.6. The molecule has 174 valence electrons. The van der Waals surface area contributed by atoms with Crippen LogP contribution < -0.4 is 15.0 Å². The van der Waals surface area contributed by atoms with Crippen molar-refractivity contribution in [1.29, 1.82) is 0 Å². The summed E-state index contributed by atoms with van der Waals surface area (Å²) in [6.07, 6.45) is 4.57. The Balaban J connectivity index is 1.35. The molecule has 1 saturated heterocycles. The second kappa shape index (κ2) is 12.1. The number of piperazine rings is 1. The number of guanidine groups is 1. The molecule has 0 bridgehead atoms. The normalized spacial score (nSPS) is 15.2. The van der Waals surface area contributed by atoms with Crippen LogP contribution in [-0.2, 0) is 6.54 Å². The second-order valence-corrected chi connectivity index (χ2v) is 7.58. The van der Waals surface area contributed by atoms with E-state index in [9.17, 15) is 8.78 Å². The number of halogens is 2. The Bertz CT molecular complexity index is 828. The first-order valence-corrected chi connectivity index (χ1v) is 10.7. The molecule has 1 aliphatic rings. The zero-order valence-corrected chi connectivity index (χ0v) is 18.6. The van der Waals surface area contributed by atoms with Gasteiger partial charge in [0.1, 0.15) is 5.75 Å². The maximum atomic E-state index is 12.3. The van der Waals surface area contributed by atoms with E-state index in [-0.39, 0.29) is 5.75 Å². The lowest BCUT2D eigenvalue weighted by molar-refractivity contribution is -0.0498. The molecule has 2 heterocycles. The van der Waals surface area contributed by atoms with Crippen LogP contribution in [0, 0.1) is 0 Å². The van der Waals surface area contributed by atoms with E-state index in [4.69, 9.17) is 0 Å². The quantitative estimate of drug-likeness (QED) is 0.359. The largest absolute Gasteiger partial charge is 0.435 e. The lowest BCUT2D eigenvalue weighted by Gasteiger charge is -2.34. The molecule has 8 nitrogen and oxygen atoms in total. The van der Waals surface area contributed by atoms with E-state index in [2.05, 4.69) is 34.8 Å². The van der Waals surface area contributed by atoms with E-state index in [0.717, 1.165) is 63.2 Å². The first-order valence-electron chi connectivity index (χ1n) is 10.7. The Kier molecular flexibility index (Phi) is 8.97. The molecule has 0 saturated carbocycles. The highest BCUT2D eigenvalue weighted by molar-refractivity contribution is 5.79. The van der Waals surface area contributed by atoms with Crippen molar-refractivity contribution in [2.24, 2.45) is 4.99 Å². The molecule has 10 heteroatoms. The summed E-state index contributed by atoms with van der Waals surface area (Å²) >= 11 is 0. The SMILES string of the molecule is CN=C(NCCCN1CCN(c2ncccn2)CC1)N(C)Cc1ccc(OC(F)F)cc1. The Labute approximate surface area is 187 Å². The van der Waals surface area contributed by atoms with Crippen molar-refractivity contribution < 1.29 is 13.5 Å². The van der Waals surface area contributed by atoms with Crippen molar-refractivity contribution in [3.8, 4) is 5.75 Å². The van der Waals surface area contributed by atoms with Gasteiger partial charge in [0, 0.05) is 65.8 Å². The van der Waals surface area contributed by atoms with Crippen LogP contribution in [-0.4, -0.2) is 85.7 Å². The standard InChI is InChI=1S/C22H31F2N7O/c1-25-21(29(2)17-18-5-7-19(8-6-18)32-20(23)24)26-11-4-12-30-13-15-31(16-14-30)22-27-9-3-10-28-22/h3,5-10,20H,4,11-17H2,1-2H3,(H,25,26). The molecule has 0 atom stereocenters. The molecule has 1 fully saturated rings. The summed E-state index contributed by atoms with van der Waals surface area (Å²) in [6.45, 7) is 3.50. The van der Waals surface area contributed by atoms with E-state index in [1.165, 1.54) is 0 Å².